The van der Waals surface area contributed by atoms with Gasteiger partial charge in [0.05, 0.1) is 13.0 Å². The lowest BCUT2D eigenvalue weighted by Crippen LogP contribution is -2.56. The summed E-state index contributed by atoms with van der Waals surface area (Å²) in [4.78, 5) is 41.2. The number of hydrogen-bond donors (Lipinski definition) is 1. The Balaban J connectivity index is 1.40. The second kappa shape index (κ2) is 8.28. The minimum absolute atomic E-state index is 0.0366. The smallest absolute Gasteiger partial charge is 0.325 e. The van der Waals surface area contributed by atoms with Gasteiger partial charge >= 0.3 is 6.03 Å². The summed E-state index contributed by atoms with van der Waals surface area (Å²) in [6, 6.07) is 14.0. The van der Waals surface area contributed by atoms with Gasteiger partial charge in [-0.05, 0) is 42.2 Å². The van der Waals surface area contributed by atoms with E-state index >= 15 is 0 Å². The van der Waals surface area contributed by atoms with Crippen LogP contribution in [0.3, 0.4) is 0 Å². The van der Waals surface area contributed by atoms with E-state index in [1.165, 1.54) is 4.90 Å². The molecule has 2 aliphatic heterocycles. The van der Waals surface area contributed by atoms with Crippen LogP contribution in [0.4, 0.5) is 4.79 Å². The van der Waals surface area contributed by atoms with Crippen LogP contribution in [0.15, 0.2) is 48.5 Å². The Morgan fingerprint density at radius 2 is 1.77 bits per heavy atom. The van der Waals surface area contributed by atoms with E-state index < -0.39 is 11.6 Å². The van der Waals surface area contributed by atoms with Crippen LogP contribution in [0.5, 0.6) is 0 Å². The van der Waals surface area contributed by atoms with Crippen molar-refractivity contribution < 1.29 is 14.4 Å². The predicted molar refractivity (Wildman–Crippen MR) is 114 cm³/mol. The first-order chi connectivity index (χ1) is 14.4. The molecule has 0 unspecified atom stereocenters. The molecule has 0 aromatic heterocycles. The maximum absolute atomic E-state index is 13.1. The van der Waals surface area contributed by atoms with Gasteiger partial charge in [0, 0.05) is 23.1 Å². The van der Waals surface area contributed by atoms with Crippen molar-refractivity contribution in [2.75, 3.05) is 13.1 Å². The topological polar surface area (TPSA) is 69.7 Å². The fourth-order valence-corrected chi connectivity index (χ4v) is 4.45. The molecule has 8 heteroatoms. The number of halogens is 2. The molecule has 4 rings (SSSR count). The molecule has 30 heavy (non-hydrogen) atoms. The third-order valence-electron chi connectivity index (χ3n) is 5.74. The SMILES string of the molecule is O=C(Cc1ccccc1Cl)N1CCC2(CC1)NC(=O)N(Cc1cccc(Cl)c1)C2=O. The molecule has 0 atom stereocenters. The molecule has 0 aliphatic carbocycles. The Hall–Kier alpha value is -2.57. The fourth-order valence-electron chi connectivity index (χ4n) is 4.03. The highest BCUT2D eigenvalue weighted by atomic mass is 35.5. The molecule has 4 amide bonds. The van der Waals surface area contributed by atoms with Gasteiger partial charge in [0.25, 0.3) is 5.91 Å². The van der Waals surface area contributed by atoms with E-state index in [0.717, 1.165) is 11.1 Å². The maximum atomic E-state index is 13.1. The van der Waals surface area contributed by atoms with Crippen LogP contribution in [0.25, 0.3) is 0 Å². The van der Waals surface area contributed by atoms with Gasteiger partial charge in [-0.3, -0.25) is 14.5 Å². The van der Waals surface area contributed by atoms with E-state index in [1.807, 2.05) is 24.3 Å². The van der Waals surface area contributed by atoms with Crippen molar-refractivity contribution in [3.63, 3.8) is 0 Å². The Kier molecular flexibility index (Phi) is 5.71. The highest BCUT2D eigenvalue weighted by molar-refractivity contribution is 6.31. The summed E-state index contributed by atoms with van der Waals surface area (Å²) in [5, 5.41) is 3.99. The second-order valence-corrected chi connectivity index (χ2v) is 8.53. The van der Waals surface area contributed by atoms with Gasteiger partial charge in [-0.15, -0.1) is 0 Å². The van der Waals surface area contributed by atoms with Crippen molar-refractivity contribution in [2.24, 2.45) is 0 Å². The number of carbonyl (C=O) groups is 3. The second-order valence-electron chi connectivity index (χ2n) is 7.68. The number of likely N-dealkylation sites (tertiary alicyclic amines) is 1. The number of amides is 4. The molecule has 2 aromatic rings. The van der Waals surface area contributed by atoms with Crippen molar-refractivity contribution in [1.29, 1.82) is 0 Å². The first-order valence-electron chi connectivity index (χ1n) is 9.78. The van der Waals surface area contributed by atoms with E-state index in [4.69, 9.17) is 23.2 Å². The molecule has 2 saturated heterocycles. The third kappa shape index (κ3) is 4.02. The molecule has 6 nitrogen and oxygen atoms in total. The molecule has 1 spiro atoms. The summed E-state index contributed by atoms with van der Waals surface area (Å²) in [7, 11) is 0. The van der Waals surface area contributed by atoms with Gasteiger partial charge in [-0.25, -0.2) is 4.79 Å². The molecule has 0 radical (unpaired) electrons. The van der Waals surface area contributed by atoms with E-state index in [2.05, 4.69) is 5.32 Å². The highest BCUT2D eigenvalue weighted by Crippen LogP contribution is 2.31. The third-order valence-corrected chi connectivity index (χ3v) is 6.35. The van der Waals surface area contributed by atoms with E-state index in [1.54, 1.807) is 29.2 Å². The summed E-state index contributed by atoms with van der Waals surface area (Å²) in [6.07, 6.45) is 0.990. The van der Waals surface area contributed by atoms with Gasteiger partial charge in [0.15, 0.2) is 0 Å². The summed E-state index contributed by atoms with van der Waals surface area (Å²) in [5.41, 5.74) is 0.620. The van der Waals surface area contributed by atoms with E-state index in [-0.39, 0.29) is 24.8 Å². The van der Waals surface area contributed by atoms with Crippen LogP contribution in [-0.4, -0.2) is 46.3 Å². The lowest BCUT2D eigenvalue weighted by Gasteiger charge is -2.37. The lowest BCUT2D eigenvalue weighted by molar-refractivity contribution is -0.138. The van der Waals surface area contributed by atoms with Crippen LogP contribution in [0.1, 0.15) is 24.0 Å². The maximum Gasteiger partial charge on any atom is 0.325 e. The van der Waals surface area contributed by atoms with Crippen LogP contribution >= 0.6 is 23.2 Å². The number of carbonyl (C=O) groups excluding carboxylic acids is 3. The van der Waals surface area contributed by atoms with Gasteiger partial charge in [-0.1, -0.05) is 53.5 Å². The number of imide groups is 1. The largest absolute Gasteiger partial charge is 0.342 e. The molecule has 2 heterocycles. The zero-order valence-corrected chi connectivity index (χ0v) is 17.7. The van der Waals surface area contributed by atoms with E-state index in [0.29, 0.717) is 36.0 Å². The molecule has 156 valence electrons. The number of benzene rings is 2. The lowest BCUT2D eigenvalue weighted by atomic mass is 9.87. The molecular formula is C22H21Cl2N3O3. The summed E-state index contributed by atoms with van der Waals surface area (Å²) < 4.78 is 0. The quantitative estimate of drug-likeness (QED) is 0.730. The fraction of sp³-hybridized carbons (Fsp3) is 0.318. The molecule has 2 fully saturated rings. The number of piperidine rings is 1. The number of nitrogens with zero attached hydrogens (tertiary/aromatic N) is 2. The Morgan fingerprint density at radius 1 is 1.03 bits per heavy atom. The Labute approximate surface area is 184 Å². The number of nitrogens with one attached hydrogen (secondary N) is 1. The monoisotopic (exact) mass is 445 g/mol. The molecule has 2 aromatic carbocycles. The summed E-state index contributed by atoms with van der Waals surface area (Å²) in [5.74, 6) is -0.281. The number of urea groups is 1. The highest BCUT2D eigenvalue weighted by Gasteiger charge is 2.52. The Bertz CT molecular complexity index is 1000. The Morgan fingerprint density at radius 3 is 2.47 bits per heavy atom. The molecule has 2 aliphatic rings. The van der Waals surface area contributed by atoms with E-state index in [9.17, 15) is 14.4 Å². The average Bonchev–Trinajstić information content (AvgIpc) is 2.94. The van der Waals surface area contributed by atoms with Gasteiger partial charge in [0.1, 0.15) is 5.54 Å². The van der Waals surface area contributed by atoms with Crippen molar-refractivity contribution >= 4 is 41.0 Å². The van der Waals surface area contributed by atoms with Crippen molar-refractivity contribution in [2.45, 2.75) is 31.3 Å². The molecule has 0 bridgehead atoms. The zero-order chi connectivity index (χ0) is 21.3. The first kappa shape index (κ1) is 20.7. The standard InChI is InChI=1S/C22H21Cl2N3O3/c23-17-6-3-4-15(12-17)14-27-20(29)22(25-21(27)30)8-10-26(11-9-22)19(28)13-16-5-1-2-7-18(16)24/h1-7,12H,8-11,13-14H2,(H,25,30). The van der Waals surface area contributed by atoms with Crippen molar-refractivity contribution in [3.8, 4) is 0 Å². The van der Waals surface area contributed by atoms with Gasteiger partial charge in [0.2, 0.25) is 5.91 Å². The van der Waals surface area contributed by atoms with Crippen LogP contribution in [0, 0.1) is 0 Å². The zero-order valence-electron chi connectivity index (χ0n) is 16.2. The summed E-state index contributed by atoms with van der Waals surface area (Å²) >= 11 is 12.2. The van der Waals surface area contributed by atoms with Gasteiger partial charge < -0.3 is 10.2 Å². The van der Waals surface area contributed by atoms with Crippen molar-refractivity contribution in [3.05, 3.63) is 69.7 Å². The first-order valence-corrected chi connectivity index (χ1v) is 10.5. The minimum Gasteiger partial charge on any atom is -0.342 e. The summed E-state index contributed by atoms with van der Waals surface area (Å²) in [6.45, 7) is 0.975. The average molecular weight is 446 g/mol. The van der Waals surface area contributed by atoms with Crippen LogP contribution in [-0.2, 0) is 22.6 Å². The minimum atomic E-state index is -0.948. The number of rotatable bonds is 4. The molecular weight excluding hydrogens is 425 g/mol. The van der Waals surface area contributed by atoms with Crippen LogP contribution < -0.4 is 5.32 Å². The molecule has 1 N–H and O–H groups in total. The number of hydrogen-bond acceptors (Lipinski definition) is 3. The van der Waals surface area contributed by atoms with Crippen LogP contribution in [0.2, 0.25) is 10.0 Å². The molecule has 0 saturated carbocycles. The van der Waals surface area contributed by atoms with Crippen molar-refractivity contribution in [1.82, 2.24) is 15.1 Å². The normalized spacial score (nSPS) is 18.1. The van der Waals surface area contributed by atoms with Gasteiger partial charge in [-0.2, -0.15) is 0 Å². The predicted octanol–water partition coefficient (Wildman–Crippen LogP) is 3.65.